The first-order valence-corrected chi connectivity index (χ1v) is 14.1. The van der Waals surface area contributed by atoms with Gasteiger partial charge in [-0.2, -0.15) is 0 Å². The van der Waals surface area contributed by atoms with Gasteiger partial charge in [-0.05, 0) is 71.0 Å². The van der Waals surface area contributed by atoms with Crippen molar-refractivity contribution in [2.75, 3.05) is 13.1 Å². The van der Waals surface area contributed by atoms with E-state index in [2.05, 4.69) is 52.0 Å². The minimum atomic E-state index is -0.638. The van der Waals surface area contributed by atoms with Gasteiger partial charge < -0.3 is 20.5 Å². The smallest absolute Gasteiger partial charge is 0.245 e. The minimum absolute atomic E-state index is 0.0222. The van der Waals surface area contributed by atoms with Gasteiger partial charge in [0.05, 0.1) is 6.04 Å². The molecule has 4 aromatic rings. The Morgan fingerprint density at radius 3 is 2.51 bits per heavy atom. The first-order valence-electron chi connectivity index (χ1n) is 13.7. The zero-order valence-electron chi connectivity index (χ0n) is 21.8. The number of nitrogens with zero attached hydrogens (tertiary/aromatic N) is 1. The van der Waals surface area contributed by atoms with Crippen molar-refractivity contribution in [2.24, 2.45) is 0 Å². The maximum atomic E-state index is 13.9. The summed E-state index contributed by atoms with van der Waals surface area (Å²) in [6.07, 6.45) is 4.81. The summed E-state index contributed by atoms with van der Waals surface area (Å²) in [5.41, 5.74) is 5.87. The van der Waals surface area contributed by atoms with Crippen molar-refractivity contribution in [3.8, 4) is 0 Å². The van der Waals surface area contributed by atoms with E-state index in [4.69, 9.17) is 11.6 Å². The fourth-order valence-corrected chi connectivity index (χ4v) is 6.17. The second-order valence-electron chi connectivity index (χ2n) is 10.7. The zero-order chi connectivity index (χ0) is 26.8. The maximum Gasteiger partial charge on any atom is 0.245 e. The number of hydrogen-bond donors (Lipinski definition) is 3. The molecule has 7 heteroatoms. The molecule has 39 heavy (non-hydrogen) atoms. The van der Waals surface area contributed by atoms with E-state index in [1.807, 2.05) is 47.5 Å². The summed E-state index contributed by atoms with van der Waals surface area (Å²) >= 11 is 6.10. The SMILES string of the molecule is O=C(N[C@H](Cc1ccc(Cl)cc1)C(=O)N1CCC(c2cccc3cc[nH]c23)CC1)[C@H]1Cc2ccccc2CN1. The van der Waals surface area contributed by atoms with E-state index in [-0.39, 0.29) is 17.9 Å². The fourth-order valence-electron chi connectivity index (χ4n) is 6.05. The van der Waals surface area contributed by atoms with Crippen LogP contribution in [0.2, 0.25) is 5.02 Å². The number of H-pyrrole nitrogens is 1. The number of carbonyl (C=O) groups excluding carboxylic acids is 2. The molecule has 0 radical (unpaired) electrons. The maximum absolute atomic E-state index is 13.9. The van der Waals surface area contributed by atoms with Crippen LogP contribution in [0.25, 0.3) is 10.9 Å². The van der Waals surface area contributed by atoms with Crippen molar-refractivity contribution >= 4 is 34.3 Å². The highest BCUT2D eigenvalue weighted by molar-refractivity contribution is 6.30. The molecule has 0 bridgehead atoms. The predicted octanol–water partition coefficient (Wildman–Crippen LogP) is 4.97. The third kappa shape index (κ3) is 5.58. The minimum Gasteiger partial charge on any atom is -0.361 e. The van der Waals surface area contributed by atoms with Crippen LogP contribution < -0.4 is 10.6 Å². The molecule has 2 aliphatic heterocycles. The molecule has 0 unspecified atom stereocenters. The number of nitrogens with one attached hydrogen (secondary N) is 3. The van der Waals surface area contributed by atoms with Gasteiger partial charge in [0, 0.05) is 42.8 Å². The number of rotatable bonds is 6. The summed E-state index contributed by atoms with van der Waals surface area (Å²) in [5.74, 6) is 0.239. The average Bonchev–Trinajstić information content (AvgIpc) is 3.47. The van der Waals surface area contributed by atoms with Crippen molar-refractivity contribution in [1.82, 2.24) is 20.5 Å². The van der Waals surface area contributed by atoms with Crippen molar-refractivity contribution in [2.45, 2.75) is 50.2 Å². The van der Waals surface area contributed by atoms with E-state index in [1.54, 1.807) is 0 Å². The van der Waals surface area contributed by atoms with Gasteiger partial charge in [-0.15, -0.1) is 0 Å². The molecule has 0 saturated carbocycles. The number of piperidine rings is 1. The monoisotopic (exact) mass is 540 g/mol. The van der Waals surface area contributed by atoms with Crippen LogP contribution >= 0.6 is 11.6 Å². The van der Waals surface area contributed by atoms with E-state index in [9.17, 15) is 9.59 Å². The van der Waals surface area contributed by atoms with Crippen LogP contribution in [0.3, 0.4) is 0 Å². The summed E-state index contributed by atoms with van der Waals surface area (Å²) in [5, 5.41) is 8.33. The topological polar surface area (TPSA) is 77.2 Å². The number of para-hydroxylation sites is 1. The number of aromatic amines is 1. The molecule has 0 spiro atoms. The first kappa shape index (κ1) is 25.7. The molecular formula is C32H33ClN4O2. The molecule has 6 rings (SSSR count). The Bertz CT molecular complexity index is 1470. The van der Waals surface area contributed by atoms with Crippen LogP contribution in [0.15, 0.2) is 79.0 Å². The highest BCUT2D eigenvalue weighted by Crippen LogP contribution is 2.32. The zero-order valence-corrected chi connectivity index (χ0v) is 22.6. The summed E-state index contributed by atoms with van der Waals surface area (Å²) < 4.78 is 0. The molecule has 3 aromatic carbocycles. The number of amides is 2. The third-order valence-electron chi connectivity index (χ3n) is 8.23. The van der Waals surface area contributed by atoms with Crippen LogP contribution in [0.5, 0.6) is 0 Å². The Hall–Kier alpha value is -3.61. The molecule has 6 nitrogen and oxygen atoms in total. The number of benzene rings is 3. The highest BCUT2D eigenvalue weighted by atomic mass is 35.5. The fraction of sp³-hybridized carbons (Fsp3) is 0.312. The number of fused-ring (bicyclic) bond motifs is 2. The Morgan fingerprint density at radius 1 is 0.949 bits per heavy atom. The third-order valence-corrected chi connectivity index (χ3v) is 8.48. The lowest BCUT2D eigenvalue weighted by Crippen LogP contribution is -2.56. The lowest BCUT2D eigenvalue weighted by Gasteiger charge is -2.35. The van der Waals surface area contributed by atoms with E-state index in [1.165, 1.54) is 27.6 Å². The number of carbonyl (C=O) groups is 2. The number of halogens is 1. The summed E-state index contributed by atoms with van der Waals surface area (Å²) in [6, 6.07) is 23.2. The van der Waals surface area contributed by atoms with Crippen molar-refractivity contribution in [1.29, 1.82) is 0 Å². The lowest BCUT2D eigenvalue weighted by atomic mass is 9.88. The Kier molecular flexibility index (Phi) is 7.40. The van der Waals surface area contributed by atoms with E-state index in [0.29, 0.717) is 43.4 Å². The van der Waals surface area contributed by atoms with Gasteiger partial charge >= 0.3 is 0 Å². The van der Waals surface area contributed by atoms with Crippen LogP contribution in [0, 0.1) is 0 Å². The van der Waals surface area contributed by atoms with Gasteiger partial charge in [0.2, 0.25) is 11.8 Å². The predicted molar refractivity (Wildman–Crippen MR) is 155 cm³/mol. The van der Waals surface area contributed by atoms with E-state index >= 15 is 0 Å². The van der Waals surface area contributed by atoms with Crippen LogP contribution in [0.4, 0.5) is 0 Å². The molecule has 2 aliphatic rings. The highest BCUT2D eigenvalue weighted by Gasteiger charge is 2.33. The summed E-state index contributed by atoms with van der Waals surface area (Å²) in [7, 11) is 0. The second-order valence-corrected chi connectivity index (χ2v) is 11.1. The number of likely N-dealkylation sites (tertiary alicyclic amines) is 1. The van der Waals surface area contributed by atoms with Crippen LogP contribution in [-0.4, -0.2) is 46.9 Å². The Labute approximate surface area is 233 Å². The molecule has 1 aromatic heterocycles. The molecule has 2 atom stereocenters. The molecule has 2 amide bonds. The Morgan fingerprint density at radius 2 is 1.72 bits per heavy atom. The molecule has 0 aliphatic carbocycles. The van der Waals surface area contributed by atoms with Gasteiger partial charge in [0.1, 0.15) is 6.04 Å². The van der Waals surface area contributed by atoms with E-state index in [0.717, 1.165) is 18.4 Å². The van der Waals surface area contributed by atoms with Gasteiger partial charge in [0.15, 0.2) is 0 Å². The molecule has 1 saturated heterocycles. The van der Waals surface area contributed by atoms with E-state index < -0.39 is 6.04 Å². The van der Waals surface area contributed by atoms with Crippen molar-refractivity contribution in [3.05, 3.63) is 106 Å². The first-order chi connectivity index (χ1) is 19.0. The molecule has 1 fully saturated rings. The normalized spacial score (nSPS) is 18.5. The largest absolute Gasteiger partial charge is 0.361 e. The van der Waals surface area contributed by atoms with Gasteiger partial charge in [-0.3, -0.25) is 9.59 Å². The quantitative estimate of drug-likeness (QED) is 0.323. The molecule has 200 valence electrons. The standard InChI is InChI=1S/C32H33ClN4O2/c33-26-10-8-21(9-11-26)18-29(36-31(38)28-19-24-4-1-2-5-25(24)20-35-28)32(39)37-16-13-22(14-17-37)27-7-3-6-23-12-15-34-30(23)27/h1-12,15,22,28-29,34-35H,13-14,16-20H2,(H,36,38)/t28-,29-/m1/s1. The summed E-state index contributed by atoms with van der Waals surface area (Å²) in [4.78, 5) is 32.6. The van der Waals surface area contributed by atoms with Crippen molar-refractivity contribution < 1.29 is 9.59 Å². The number of hydrogen-bond acceptors (Lipinski definition) is 3. The summed E-state index contributed by atoms with van der Waals surface area (Å²) in [6.45, 7) is 1.98. The lowest BCUT2D eigenvalue weighted by molar-refractivity contribution is -0.137. The van der Waals surface area contributed by atoms with Crippen molar-refractivity contribution in [3.63, 3.8) is 0 Å². The van der Waals surface area contributed by atoms with Gasteiger partial charge in [-0.25, -0.2) is 0 Å². The molecule has 3 heterocycles. The van der Waals surface area contributed by atoms with Gasteiger partial charge in [0.25, 0.3) is 0 Å². The average molecular weight is 541 g/mol. The second kappa shape index (κ2) is 11.2. The van der Waals surface area contributed by atoms with Crippen LogP contribution in [-0.2, 0) is 29.0 Å². The van der Waals surface area contributed by atoms with Crippen LogP contribution in [0.1, 0.15) is 41.0 Å². The van der Waals surface area contributed by atoms with Gasteiger partial charge in [-0.1, -0.05) is 66.2 Å². The Balaban J connectivity index is 1.16. The molecule has 3 N–H and O–H groups in total. The molecular weight excluding hydrogens is 508 g/mol. The number of aromatic nitrogens is 1.